The number of nitrogens with one attached hydrogen (secondary N) is 1. The van der Waals surface area contributed by atoms with Crippen LogP contribution in [0.25, 0.3) is 0 Å². The van der Waals surface area contributed by atoms with Crippen molar-refractivity contribution >= 4 is 11.3 Å². The molecule has 0 bridgehead atoms. The maximum absolute atomic E-state index is 4.50. The molecular weight excluding hydrogens is 230 g/mol. The Morgan fingerprint density at radius 1 is 1.65 bits per heavy atom. The van der Waals surface area contributed by atoms with Crippen molar-refractivity contribution in [3.63, 3.8) is 0 Å². The highest BCUT2D eigenvalue weighted by atomic mass is 32.1. The van der Waals surface area contributed by atoms with Gasteiger partial charge in [-0.3, -0.25) is 4.90 Å². The molecule has 17 heavy (non-hydrogen) atoms. The van der Waals surface area contributed by atoms with Crippen LogP contribution < -0.4 is 5.32 Å². The molecule has 0 saturated carbocycles. The van der Waals surface area contributed by atoms with Crippen LogP contribution in [0.5, 0.6) is 0 Å². The van der Waals surface area contributed by atoms with Gasteiger partial charge in [-0.15, -0.1) is 11.3 Å². The summed E-state index contributed by atoms with van der Waals surface area (Å²) < 4.78 is 0. The molecule has 1 aliphatic heterocycles. The molecule has 96 valence electrons. The fraction of sp³-hybridized carbons (Fsp3) is 0.769. The zero-order chi connectivity index (χ0) is 12.3. The lowest BCUT2D eigenvalue weighted by molar-refractivity contribution is 0.255. The third kappa shape index (κ3) is 3.27. The van der Waals surface area contributed by atoms with Crippen LogP contribution in [0.4, 0.5) is 0 Å². The predicted molar refractivity (Wildman–Crippen MR) is 73.5 cm³/mol. The zero-order valence-electron chi connectivity index (χ0n) is 11.1. The van der Waals surface area contributed by atoms with Crippen molar-refractivity contribution in [2.24, 2.45) is 0 Å². The van der Waals surface area contributed by atoms with Crippen LogP contribution >= 0.6 is 11.3 Å². The Balaban J connectivity index is 1.87. The molecular formula is C13H23N3S. The molecule has 1 fully saturated rings. The number of likely N-dealkylation sites (tertiary alicyclic amines) is 1. The zero-order valence-corrected chi connectivity index (χ0v) is 11.9. The smallest absolute Gasteiger partial charge is 0.110 e. The van der Waals surface area contributed by atoms with Crippen LogP contribution in [-0.4, -0.2) is 35.6 Å². The van der Waals surface area contributed by atoms with Crippen LogP contribution in [-0.2, 0) is 0 Å². The first-order valence-corrected chi connectivity index (χ1v) is 7.42. The van der Waals surface area contributed by atoms with Gasteiger partial charge in [-0.25, -0.2) is 4.98 Å². The molecule has 0 spiro atoms. The van der Waals surface area contributed by atoms with Crippen molar-refractivity contribution < 1.29 is 0 Å². The van der Waals surface area contributed by atoms with Crippen LogP contribution in [0.15, 0.2) is 6.20 Å². The standard InChI is InChI=1S/C13H23N3S/c1-4-6-14-12-5-7-16(9-12)11(3)13-15-8-10(2)17-13/h8,11-12,14H,4-7,9H2,1-3H3. The molecule has 0 aromatic carbocycles. The molecule has 0 amide bonds. The average Bonchev–Trinajstić information content (AvgIpc) is 2.94. The summed E-state index contributed by atoms with van der Waals surface area (Å²) in [6, 6.07) is 1.15. The van der Waals surface area contributed by atoms with Crippen molar-refractivity contribution in [3.8, 4) is 0 Å². The Kier molecular flexibility index (Phi) is 4.54. The summed E-state index contributed by atoms with van der Waals surface area (Å²) in [7, 11) is 0. The highest BCUT2D eigenvalue weighted by Gasteiger charge is 2.27. The molecule has 1 aromatic heterocycles. The van der Waals surface area contributed by atoms with Gasteiger partial charge in [0.1, 0.15) is 5.01 Å². The average molecular weight is 253 g/mol. The van der Waals surface area contributed by atoms with Gasteiger partial charge >= 0.3 is 0 Å². The van der Waals surface area contributed by atoms with E-state index in [1.807, 2.05) is 17.5 Å². The van der Waals surface area contributed by atoms with E-state index in [9.17, 15) is 0 Å². The monoisotopic (exact) mass is 253 g/mol. The second-order valence-corrected chi connectivity index (χ2v) is 6.19. The van der Waals surface area contributed by atoms with E-state index in [2.05, 4.69) is 36.0 Å². The van der Waals surface area contributed by atoms with Crippen LogP contribution in [0.1, 0.15) is 42.6 Å². The lowest BCUT2D eigenvalue weighted by Gasteiger charge is -2.22. The van der Waals surface area contributed by atoms with E-state index in [4.69, 9.17) is 0 Å². The van der Waals surface area contributed by atoms with E-state index >= 15 is 0 Å². The Hall–Kier alpha value is -0.450. The highest BCUT2D eigenvalue weighted by molar-refractivity contribution is 7.11. The van der Waals surface area contributed by atoms with Gasteiger partial charge in [0.15, 0.2) is 0 Å². The molecule has 4 heteroatoms. The number of hydrogen-bond donors (Lipinski definition) is 1. The van der Waals surface area contributed by atoms with Gasteiger partial charge in [0.25, 0.3) is 0 Å². The van der Waals surface area contributed by atoms with Gasteiger partial charge in [0.2, 0.25) is 0 Å². The summed E-state index contributed by atoms with van der Waals surface area (Å²) in [5, 5.41) is 4.88. The van der Waals surface area contributed by atoms with Crippen LogP contribution in [0, 0.1) is 6.92 Å². The van der Waals surface area contributed by atoms with Gasteiger partial charge in [0.05, 0.1) is 6.04 Å². The molecule has 0 aliphatic carbocycles. The fourth-order valence-corrected chi connectivity index (χ4v) is 3.24. The van der Waals surface area contributed by atoms with Crippen LogP contribution in [0.3, 0.4) is 0 Å². The largest absolute Gasteiger partial charge is 0.313 e. The first-order chi connectivity index (χ1) is 8.20. The summed E-state index contributed by atoms with van der Waals surface area (Å²) in [4.78, 5) is 8.36. The third-order valence-corrected chi connectivity index (χ3v) is 4.53. The fourth-order valence-electron chi connectivity index (χ4n) is 2.38. The molecule has 2 unspecified atom stereocenters. The SMILES string of the molecule is CCCNC1CCN(C(C)c2ncc(C)s2)C1. The molecule has 1 N–H and O–H groups in total. The lowest BCUT2D eigenvalue weighted by Crippen LogP contribution is -2.33. The second kappa shape index (κ2) is 5.94. The number of thiazole rings is 1. The van der Waals surface area contributed by atoms with E-state index in [-0.39, 0.29) is 0 Å². The molecule has 1 saturated heterocycles. The Bertz CT molecular complexity index is 350. The van der Waals surface area contributed by atoms with Crippen molar-refractivity contribution in [1.82, 2.24) is 15.2 Å². The Labute approximate surface area is 108 Å². The maximum Gasteiger partial charge on any atom is 0.110 e. The number of hydrogen-bond acceptors (Lipinski definition) is 4. The van der Waals surface area contributed by atoms with Gasteiger partial charge in [-0.05, 0) is 33.2 Å². The molecule has 0 radical (unpaired) electrons. The minimum Gasteiger partial charge on any atom is -0.313 e. The highest BCUT2D eigenvalue weighted by Crippen LogP contribution is 2.27. The predicted octanol–water partition coefficient (Wildman–Crippen LogP) is 2.59. The first kappa shape index (κ1) is 13.0. The summed E-state index contributed by atoms with van der Waals surface area (Å²) in [5.74, 6) is 0. The molecule has 2 rings (SSSR count). The minimum absolute atomic E-state index is 0.474. The van der Waals surface area contributed by atoms with E-state index in [1.54, 1.807) is 0 Å². The van der Waals surface area contributed by atoms with Gasteiger partial charge in [0, 0.05) is 30.2 Å². The first-order valence-electron chi connectivity index (χ1n) is 6.60. The van der Waals surface area contributed by atoms with E-state index in [0.717, 1.165) is 6.54 Å². The normalized spacial score (nSPS) is 23.1. The van der Waals surface area contributed by atoms with E-state index in [0.29, 0.717) is 12.1 Å². The molecule has 1 aliphatic rings. The summed E-state index contributed by atoms with van der Waals surface area (Å²) in [5.41, 5.74) is 0. The molecule has 2 heterocycles. The molecule has 3 nitrogen and oxygen atoms in total. The number of aromatic nitrogens is 1. The number of aryl methyl sites for hydroxylation is 1. The second-order valence-electron chi connectivity index (χ2n) is 4.92. The van der Waals surface area contributed by atoms with Crippen molar-refractivity contribution in [2.45, 2.75) is 45.7 Å². The molecule has 1 aromatic rings. The van der Waals surface area contributed by atoms with Crippen LogP contribution in [0.2, 0.25) is 0 Å². The van der Waals surface area contributed by atoms with Gasteiger partial charge < -0.3 is 5.32 Å². The van der Waals surface area contributed by atoms with Crippen molar-refractivity contribution in [1.29, 1.82) is 0 Å². The van der Waals surface area contributed by atoms with Gasteiger partial charge in [-0.1, -0.05) is 6.92 Å². The Morgan fingerprint density at radius 3 is 3.12 bits per heavy atom. The summed E-state index contributed by atoms with van der Waals surface area (Å²) in [6.45, 7) is 10.1. The molecule has 2 atom stereocenters. The van der Waals surface area contributed by atoms with Gasteiger partial charge in [-0.2, -0.15) is 0 Å². The van der Waals surface area contributed by atoms with E-state index < -0.39 is 0 Å². The summed E-state index contributed by atoms with van der Waals surface area (Å²) in [6.07, 6.45) is 4.48. The Morgan fingerprint density at radius 2 is 2.47 bits per heavy atom. The lowest BCUT2D eigenvalue weighted by atomic mass is 10.2. The third-order valence-electron chi connectivity index (χ3n) is 3.45. The number of rotatable bonds is 5. The minimum atomic E-state index is 0.474. The topological polar surface area (TPSA) is 28.2 Å². The maximum atomic E-state index is 4.50. The van der Waals surface area contributed by atoms with E-state index in [1.165, 1.54) is 35.8 Å². The van der Waals surface area contributed by atoms with Crippen molar-refractivity contribution in [3.05, 3.63) is 16.1 Å². The quantitative estimate of drug-likeness (QED) is 0.874. The number of nitrogens with zero attached hydrogens (tertiary/aromatic N) is 2. The summed E-state index contributed by atoms with van der Waals surface area (Å²) >= 11 is 1.83. The van der Waals surface area contributed by atoms with Crippen molar-refractivity contribution in [2.75, 3.05) is 19.6 Å².